The number of hydrogen-bond donors (Lipinski definition) is 3. The predicted molar refractivity (Wildman–Crippen MR) is 77.0 cm³/mol. The molecule has 5 nitrogen and oxygen atoms in total. The zero-order valence-corrected chi connectivity index (χ0v) is 12.8. The summed E-state index contributed by atoms with van der Waals surface area (Å²) in [4.78, 5) is 12.6. The number of carbonyl (C=O) groups is 1. The van der Waals surface area contributed by atoms with Gasteiger partial charge in [-0.15, -0.1) is 0 Å². The molecule has 0 radical (unpaired) electrons. The highest BCUT2D eigenvalue weighted by Crippen LogP contribution is 2.57. The first-order valence-electron chi connectivity index (χ1n) is 7.65. The average Bonchev–Trinajstić information content (AvgIpc) is 2.44. The van der Waals surface area contributed by atoms with E-state index < -0.39 is 5.54 Å². The number of hydrogen-bond acceptors (Lipinski definition) is 4. The number of fused-ring (bicyclic) bond motifs is 1. The van der Waals surface area contributed by atoms with Gasteiger partial charge in [0.05, 0.1) is 6.10 Å². The van der Waals surface area contributed by atoms with Crippen molar-refractivity contribution in [2.24, 2.45) is 23.0 Å². The lowest BCUT2D eigenvalue weighted by Crippen LogP contribution is -2.82. The first-order valence-corrected chi connectivity index (χ1v) is 7.65. The lowest BCUT2D eigenvalue weighted by Gasteiger charge is -2.65. The van der Waals surface area contributed by atoms with E-state index in [-0.39, 0.29) is 35.9 Å². The molecule has 20 heavy (non-hydrogen) atoms. The van der Waals surface area contributed by atoms with Crippen molar-refractivity contribution in [1.82, 2.24) is 5.32 Å². The lowest BCUT2D eigenvalue weighted by atomic mass is 9.46. The van der Waals surface area contributed by atoms with Crippen LogP contribution in [0.3, 0.4) is 0 Å². The van der Waals surface area contributed by atoms with Crippen molar-refractivity contribution in [3.63, 3.8) is 0 Å². The van der Waals surface area contributed by atoms with Gasteiger partial charge in [-0.25, -0.2) is 0 Å². The van der Waals surface area contributed by atoms with Gasteiger partial charge in [0, 0.05) is 31.1 Å². The van der Waals surface area contributed by atoms with E-state index >= 15 is 0 Å². The van der Waals surface area contributed by atoms with Gasteiger partial charge >= 0.3 is 0 Å². The predicted octanol–water partition coefficient (Wildman–Crippen LogP) is 0.654. The molecule has 0 aromatic rings. The summed E-state index contributed by atoms with van der Waals surface area (Å²) in [6, 6.07) is 0. The molecule has 1 heterocycles. The maximum Gasteiger partial charge on any atom is 0.241 e. The molecule has 1 aliphatic heterocycles. The number of nitrogens with two attached hydrogens (primary N) is 1. The molecule has 0 spiro atoms. The molecule has 0 bridgehead atoms. The summed E-state index contributed by atoms with van der Waals surface area (Å²) in [7, 11) is 0. The summed E-state index contributed by atoms with van der Waals surface area (Å²) >= 11 is 0. The number of rotatable bonds is 5. The maximum absolute atomic E-state index is 12.6. The van der Waals surface area contributed by atoms with Crippen LogP contribution in [0.15, 0.2) is 0 Å². The Kier molecular flexibility index (Phi) is 4.42. The molecule has 4 unspecified atom stereocenters. The maximum atomic E-state index is 12.6. The molecule has 2 fully saturated rings. The summed E-state index contributed by atoms with van der Waals surface area (Å²) in [6.07, 6.45) is 2.73. The third-order valence-corrected chi connectivity index (χ3v) is 5.29. The number of amides is 1. The highest BCUT2D eigenvalue weighted by Gasteiger charge is 2.70. The van der Waals surface area contributed by atoms with Gasteiger partial charge in [-0.05, 0) is 25.2 Å². The number of ether oxygens (including phenoxy) is 1. The van der Waals surface area contributed by atoms with Crippen molar-refractivity contribution in [2.75, 3.05) is 19.8 Å². The summed E-state index contributed by atoms with van der Waals surface area (Å²) in [5, 5.41) is 11.9. The van der Waals surface area contributed by atoms with Gasteiger partial charge in [0.2, 0.25) is 5.91 Å². The van der Waals surface area contributed by atoms with E-state index in [1.165, 1.54) is 0 Å². The lowest BCUT2D eigenvalue weighted by molar-refractivity contribution is -0.225. The second kappa shape index (κ2) is 5.62. The number of aliphatic hydroxyl groups is 1. The molecule has 1 amide bonds. The van der Waals surface area contributed by atoms with Gasteiger partial charge in [-0.2, -0.15) is 0 Å². The van der Waals surface area contributed by atoms with Gasteiger partial charge in [0.15, 0.2) is 0 Å². The minimum atomic E-state index is -0.836. The number of nitrogens with one attached hydrogen (secondary N) is 1. The molecular weight excluding hydrogens is 256 g/mol. The quantitative estimate of drug-likeness (QED) is 0.692. The molecule has 2 rings (SSSR count). The normalized spacial score (nSPS) is 36.6. The Morgan fingerprint density at radius 1 is 1.55 bits per heavy atom. The molecule has 1 aliphatic carbocycles. The molecule has 1 saturated heterocycles. The van der Waals surface area contributed by atoms with Gasteiger partial charge in [-0.3, -0.25) is 4.79 Å². The highest BCUT2D eigenvalue weighted by molar-refractivity contribution is 5.89. The Balaban J connectivity index is 2.00. The summed E-state index contributed by atoms with van der Waals surface area (Å²) < 4.78 is 5.81. The van der Waals surface area contributed by atoms with Crippen LogP contribution in [0, 0.1) is 17.3 Å². The summed E-state index contributed by atoms with van der Waals surface area (Å²) in [5.41, 5.74) is 5.33. The fourth-order valence-electron chi connectivity index (χ4n) is 3.77. The van der Waals surface area contributed by atoms with Crippen LogP contribution in [-0.2, 0) is 9.53 Å². The Hall–Kier alpha value is -0.650. The molecule has 2 aliphatic rings. The number of aliphatic hydroxyl groups excluding tert-OH is 1. The van der Waals surface area contributed by atoms with E-state index in [0.29, 0.717) is 13.0 Å². The van der Waals surface area contributed by atoms with Crippen molar-refractivity contribution >= 4 is 5.91 Å². The zero-order chi connectivity index (χ0) is 15.0. The highest BCUT2D eigenvalue weighted by atomic mass is 16.5. The largest absolute Gasteiger partial charge is 0.396 e. The Bertz CT molecular complexity index is 372. The van der Waals surface area contributed by atoms with Gasteiger partial charge in [0.1, 0.15) is 5.54 Å². The Labute approximate surface area is 121 Å². The van der Waals surface area contributed by atoms with Crippen LogP contribution in [-0.4, -0.2) is 42.4 Å². The van der Waals surface area contributed by atoms with Crippen molar-refractivity contribution in [3.05, 3.63) is 0 Å². The van der Waals surface area contributed by atoms with Crippen molar-refractivity contribution in [2.45, 2.75) is 51.7 Å². The Morgan fingerprint density at radius 2 is 2.25 bits per heavy atom. The molecule has 5 heteroatoms. The van der Waals surface area contributed by atoms with Crippen molar-refractivity contribution in [3.8, 4) is 0 Å². The van der Waals surface area contributed by atoms with E-state index in [2.05, 4.69) is 5.32 Å². The standard InChI is InChI=1S/C15H28N2O3/c1-10(6-7-18)9-17-13(19)15(16)11-5-4-8-20-12(11)14(15,2)3/h10-12,18H,4-9,16H2,1-3H3,(H,17,19). The minimum absolute atomic E-state index is 0.0703. The average molecular weight is 284 g/mol. The van der Waals surface area contributed by atoms with E-state index in [1.54, 1.807) is 0 Å². The molecule has 0 aromatic carbocycles. The van der Waals surface area contributed by atoms with Crippen molar-refractivity contribution < 1.29 is 14.6 Å². The van der Waals surface area contributed by atoms with E-state index in [0.717, 1.165) is 19.4 Å². The molecular formula is C15H28N2O3. The smallest absolute Gasteiger partial charge is 0.241 e. The van der Waals surface area contributed by atoms with E-state index in [1.807, 2.05) is 20.8 Å². The first kappa shape index (κ1) is 15.7. The van der Waals surface area contributed by atoms with Gasteiger partial charge < -0.3 is 20.9 Å². The topological polar surface area (TPSA) is 84.6 Å². The van der Waals surface area contributed by atoms with Crippen LogP contribution in [0.5, 0.6) is 0 Å². The fourth-order valence-corrected chi connectivity index (χ4v) is 3.77. The summed E-state index contributed by atoms with van der Waals surface area (Å²) in [5.74, 6) is 0.313. The third kappa shape index (κ3) is 2.26. The van der Waals surface area contributed by atoms with Crippen LogP contribution < -0.4 is 11.1 Å². The minimum Gasteiger partial charge on any atom is -0.396 e. The van der Waals surface area contributed by atoms with Crippen LogP contribution in [0.2, 0.25) is 0 Å². The van der Waals surface area contributed by atoms with Gasteiger partial charge in [0.25, 0.3) is 0 Å². The van der Waals surface area contributed by atoms with Crippen LogP contribution in [0.25, 0.3) is 0 Å². The zero-order valence-electron chi connectivity index (χ0n) is 12.8. The molecule has 4 atom stereocenters. The molecule has 116 valence electrons. The SMILES string of the molecule is CC(CCO)CNC(=O)C1(N)C2CCCOC2C1(C)C. The third-order valence-electron chi connectivity index (χ3n) is 5.29. The van der Waals surface area contributed by atoms with Crippen LogP contribution in [0.4, 0.5) is 0 Å². The van der Waals surface area contributed by atoms with E-state index in [4.69, 9.17) is 15.6 Å². The molecule has 1 saturated carbocycles. The molecule has 0 aromatic heterocycles. The second-order valence-corrected chi connectivity index (χ2v) is 6.96. The number of carbonyl (C=O) groups excluding carboxylic acids is 1. The monoisotopic (exact) mass is 284 g/mol. The second-order valence-electron chi connectivity index (χ2n) is 6.96. The van der Waals surface area contributed by atoms with Crippen molar-refractivity contribution in [1.29, 1.82) is 0 Å². The van der Waals surface area contributed by atoms with Crippen LogP contribution in [0.1, 0.15) is 40.0 Å². The molecule has 4 N–H and O–H groups in total. The Morgan fingerprint density at radius 3 is 2.90 bits per heavy atom. The summed E-state index contributed by atoms with van der Waals surface area (Å²) in [6.45, 7) is 7.54. The first-order chi connectivity index (χ1) is 9.35. The fraction of sp³-hybridized carbons (Fsp3) is 0.933. The van der Waals surface area contributed by atoms with Gasteiger partial charge in [-0.1, -0.05) is 20.8 Å². The van der Waals surface area contributed by atoms with E-state index in [9.17, 15) is 4.79 Å². The van der Waals surface area contributed by atoms with Crippen LogP contribution >= 0.6 is 0 Å².